The number of methoxy groups -OCH3 is 1. The number of carbonyl (C=O) groups excluding carboxylic acids is 2. The first-order valence-corrected chi connectivity index (χ1v) is 6.61. The number of urea groups is 1. The lowest BCUT2D eigenvalue weighted by molar-refractivity contribution is 0.0602. The van der Waals surface area contributed by atoms with Gasteiger partial charge < -0.3 is 15.0 Å². The van der Waals surface area contributed by atoms with Gasteiger partial charge in [-0.3, -0.25) is 0 Å². The zero-order valence-corrected chi connectivity index (χ0v) is 12.2. The minimum absolute atomic E-state index is 0.164. The lowest BCUT2D eigenvalue weighted by Crippen LogP contribution is -2.36. The molecule has 1 N–H and O–H groups in total. The van der Waals surface area contributed by atoms with Gasteiger partial charge in [0.1, 0.15) is 0 Å². The Labute approximate surface area is 128 Å². The number of esters is 1. The summed E-state index contributed by atoms with van der Waals surface area (Å²) in [4.78, 5) is 25.2. The number of para-hydroxylation sites is 1. The number of rotatable bonds is 6. The number of nitriles is 2. The van der Waals surface area contributed by atoms with Crippen molar-refractivity contribution in [1.82, 2.24) is 4.90 Å². The van der Waals surface area contributed by atoms with E-state index in [1.54, 1.807) is 18.2 Å². The first-order valence-electron chi connectivity index (χ1n) is 6.61. The van der Waals surface area contributed by atoms with Crippen LogP contribution in [0, 0.1) is 22.7 Å². The van der Waals surface area contributed by atoms with Crippen LogP contribution in [-0.2, 0) is 4.74 Å². The molecule has 1 aromatic carbocycles. The first-order chi connectivity index (χ1) is 10.6. The van der Waals surface area contributed by atoms with Gasteiger partial charge in [0.2, 0.25) is 0 Å². The zero-order chi connectivity index (χ0) is 16.4. The van der Waals surface area contributed by atoms with Crippen LogP contribution in [0.15, 0.2) is 24.3 Å². The Morgan fingerprint density at radius 2 is 1.77 bits per heavy atom. The molecule has 0 aliphatic rings. The van der Waals surface area contributed by atoms with Crippen LogP contribution in [0.25, 0.3) is 0 Å². The molecule has 2 amide bonds. The fourth-order valence-electron chi connectivity index (χ4n) is 1.76. The molecule has 0 radical (unpaired) electrons. The summed E-state index contributed by atoms with van der Waals surface area (Å²) >= 11 is 0. The molecule has 1 rings (SSSR count). The van der Waals surface area contributed by atoms with Crippen LogP contribution >= 0.6 is 0 Å². The van der Waals surface area contributed by atoms with Crippen LogP contribution in [0.2, 0.25) is 0 Å². The van der Waals surface area contributed by atoms with Crippen LogP contribution in [0.1, 0.15) is 23.2 Å². The topological polar surface area (TPSA) is 106 Å². The van der Waals surface area contributed by atoms with Crippen molar-refractivity contribution in [3.63, 3.8) is 0 Å². The maximum Gasteiger partial charge on any atom is 0.339 e. The molecule has 0 aromatic heterocycles. The lowest BCUT2D eigenvalue weighted by atomic mass is 10.2. The molecule has 22 heavy (non-hydrogen) atoms. The van der Waals surface area contributed by atoms with Crippen LogP contribution in [0.5, 0.6) is 0 Å². The number of hydrogen-bond donors (Lipinski definition) is 1. The van der Waals surface area contributed by atoms with Gasteiger partial charge in [-0.15, -0.1) is 0 Å². The van der Waals surface area contributed by atoms with E-state index in [1.165, 1.54) is 18.1 Å². The number of hydrogen-bond acceptors (Lipinski definition) is 5. The molecule has 1 aromatic rings. The van der Waals surface area contributed by atoms with E-state index in [0.717, 1.165) is 0 Å². The van der Waals surface area contributed by atoms with Crippen molar-refractivity contribution in [2.75, 3.05) is 25.5 Å². The molecule has 0 spiro atoms. The van der Waals surface area contributed by atoms with Gasteiger partial charge in [-0.05, 0) is 12.1 Å². The molecule has 114 valence electrons. The van der Waals surface area contributed by atoms with Crippen LogP contribution in [0.3, 0.4) is 0 Å². The molecular formula is C15H16N4O3. The minimum Gasteiger partial charge on any atom is -0.465 e. The monoisotopic (exact) mass is 300 g/mol. The Balaban J connectivity index is 2.87. The number of carbonyl (C=O) groups is 2. The third kappa shape index (κ3) is 4.80. The van der Waals surface area contributed by atoms with Crippen molar-refractivity contribution in [3.8, 4) is 12.1 Å². The number of nitrogens with one attached hydrogen (secondary N) is 1. The summed E-state index contributed by atoms with van der Waals surface area (Å²) in [5.74, 6) is -0.559. The van der Waals surface area contributed by atoms with Gasteiger partial charge in [0.05, 0.1) is 43.3 Å². The Bertz CT molecular complexity index is 598. The number of amides is 2. The van der Waals surface area contributed by atoms with Crippen molar-refractivity contribution in [2.24, 2.45) is 0 Å². The molecule has 7 heteroatoms. The van der Waals surface area contributed by atoms with Gasteiger partial charge in [0.25, 0.3) is 0 Å². The Kier molecular flexibility index (Phi) is 6.94. The summed E-state index contributed by atoms with van der Waals surface area (Å²) in [5.41, 5.74) is 0.553. The second-order valence-corrected chi connectivity index (χ2v) is 4.27. The standard InChI is InChI=1S/C15H16N4O3/c1-22-14(20)12-6-2-3-7-13(12)18-15(21)19(10-4-8-16)11-5-9-17/h2-3,6-7H,4-5,10-11H2,1H3,(H,18,21). The summed E-state index contributed by atoms with van der Waals surface area (Å²) in [6.07, 6.45) is 0.328. The molecular weight excluding hydrogens is 284 g/mol. The summed E-state index contributed by atoms with van der Waals surface area (Å²) in [6, 6.07) is 9.89. The highest BCUT2D eigenvalue weighted by atomic mass is 16.5. The summed E-state index contributed by atoms with van der Waals surface area (Å²) in [5, 5.41) is 19.9. The van der Waals surface area contributed by atoms with Gasteiger partial charge in [-0.2, -0.15) is 10.5 Å². The highest BCUT2D eigenvalue weighted by Crippen LogP contribution is 2.16. The Hall–Kier alpha value is -3.06. The Morgan fingerprint density at radius 3 is 2.32 bits per heavy atom. The quantitative estimate of drug-likeness (QED) is 0.810. The molecule has 0 saturated heterocycles. The first kappa shape index (κ1) is 17.0. The molecule has 0 fully saturated rings. The van der Waals surface area contributed by atoms with E-state index in [1.807, 2.05) is 12.1 Å². The molecule has 0 atom stereocenters. The Morgan fingerprint density at radius 1 is 1.18 bits per heavy atom. The second kappa shape index (κ2) is 8.98. The van der Waals surface area contributed by atoms with E-state index in [4.69, 9.17) is 10.5 Å². The summed E-state index contributed by atoms with van der Waals surface area (Å²) in [7, 11) is 1.26. The van der Waals surface area contributed by atoms with Crippen molar-refractivity contribution in [1.29, 1.82) is 10.5 Å². The van der Waals surface area contributed by atoms with Gasteiger partial charge in [-0.1, -0.05) is 12.1 Å². The molecule has 0 aliphatic heterocycles. The lowest BCUT2D eigenvalue weighted by Gasteiger charge is -2.21. The van der Waals surface area contributed by atoms with Crippen molar-refractivity contribution < 1.29 is 14.3 Å². The number of nitrogens with zero attached hydrogens (tertiary/aromatic N) is 3. The molecule has 0 heterocycles. The average Bonchev–Trinajstić information content (AvgIpc) is 2.54. The van der Waals surface area contributed by atoms with E-state index in [9.17, 15) is 9.59 Å². The van der Waals surface area contributed by atoms with Crippen molar-refractivity contribution in [3.05, 3.63) is 29.8 Å². The van der Waals surface area contributed by atoms with Crippen molar-refractivity contribution in [2.45, 2.75) is 12.8 Å². The molecule has 0 bridgehead atoms. The fourth-order valence-corrected chi connectivity index (χ4v) is 1.76. The molecule has 0 saturated carbocycles. The smallest absolute Gasteiger partial charge is 0.339 e. The van der Waals surface area contributed by atoms with Crippen LogP contribution in [-0.4, -0.2) is 37.1 Å². The fraction of sp³-hybridized carbons (Fsp3) is 0.333. The predicted octanol–water partition coefficient (Wildman–Crippen LogP) is 2.13. The minimum atomic E-state index is -0.559. The number of benzene rings is 1. The normalized spacial score (nSPS) is 9.23. The molecule has 0 unspecified atom stereocenters. The van der Waals surface area contributed by atoms with E-state index >= 15 is 0 Å². The zero-order valence-electron chi connectivity index (χ0n) is 12.2. The second-order valence-electron chi connectivity index (χ2n) is 4.27. The largest absolute Gasteiger partial charge is 0.465 e. The van der Waals surface area contributed by atoms with Crippen LogP contribution in [0.4, 0.5) is 10.5 Å². The highest BCUT2D eigenvalue weighted by molar-refractivity contribution is 6.00. The van der Waals surface area contributed by atoms with Crippen molar-refractivity contribution >= 4 is 17.7 Å². The maximum absolute atomic E-state index is 12.2. The SMILES string of the molecule is COC(=O)c1ccccc1NC(=O)N(CCC#N)CCC#N. The van der Waals surface area contributed by atoms with Gasteiger partial charge >= 0.3 is 12.0 Å². The van der Waals surface area contributed by atoms with Gasteiger partial charge in [0, 0.05) is 13.1 Å². The summed E-state index contributed by atoms with van der Waals surface area (Å²) in [6.45, 7) is 0.425. The third-order valence-corrected chi connectivity index (χ3v) is 2.85. The van der Waals surface area contributed by atoms with E-state index in [-0.39, 0.29) is 31.5 Å². The third-order valence-electron chi connectivity index (χ3n) is 2.85. The number of ether oxygens (including phenoxy) is 1. The molecule has 0 aliphatic carbocycles. The average molecular weight is 300 g/mol. The highest BCUT2D eigenvalue weighted by Gasteiger charge is 2.17. The van der Waals surface area contributed by atoms with Gasteiger partial charge in [0.15, 0.2) is 0 Å². The van der Waals surface area contributed by atoms with Crippen LogP contribution < -0.4 is 5.32 Å². The predicted molar refractivity (Wildman–Crippen MR) is 78.8 cm³/mol. The van der Waals surface area contributed by atoms with E-state index < -0.39 is 12.0 Å². The summed E-state index contributed by atoms with van der Waals surface area (Å²) < 4.78 is 4.66. The maximum atomic E-state index is 12.2. The van der Waals surface area contributed by atoms with E-state index in [0.29, 0.717) is 5.69 Å². The van der Waals surface area contributed by atoms with E-state index in [2.05, 4.69) is 10.1 Å². The molecule has 7 nitrogen and oxygen atoms in total. The number of anilines is 1. The van der Waals surface area contributed by atoms with Gasteiger partial charge in [-0.25, -0.2) is 9.59 Å².